The van der Waals surface area contributed by atoms with Gasteiger partial charge in [-0.1, -0.05) is 12.1 Å². The van der Waals surface area contributed by atoms with Gasteiger partial charge < -0.3 is 10.1 Å². The van der Waals surface area contributed by atoms with Crippen LogP contribution in [-0.2, 0) is 0 Å². The maximum absolute atomic E-state index is 12.1. The van der Waals surface area contributed by atoms with Gasteiger partial charge in [0.15, 0.2) is 0 Å². The molecule has 1 aromatic carbocycles. The maximum atomic E-state index is 12.1. The molecule has 0 spiro atoms. The summed E-state index contributed by atoms with van der Waals surface area (Å²) in [7, 11) is 0. The van der Waals surface area contributed by atoms with Gasteiger partial charge in [-0.05, 0) is 31.5 Å². The summed E-state index contributed by atoms with van der Waals surface area (Å²) >= 11 is 1.49. The molecular weight excluding hydrogens is 260 g/mol. The van der Waals surface area contributed by atoms with Crippen molar-refractivity contribution in [3.63, 3.8) is 0 Å². The maximum Gasteiger partial charge on any atom is 0.260 e. The lowest BCUT2D eigenvalue weighted by Gasteiger charge is -2.03. The van der Waals surface area contributed by atoms with E-state index in [0.717, 1.165) is 10.4 Å². The fourth-order valence-electron chi connectivity index (χ4n) is 2.06. The average Bonchev–Trinajstić information content (AvgIpc) is 2.66. The highest BCUT2D eigenvalue weighted by atomic mass is 32.1. The number of fused-ring (bicyclic) bond motifs is 1. The van der Waals surface area contributed by atoms with Crippen molar-refractivity contribution in [3.8, 4) is 17.1 Å². The van der Waals surface area contributed by atoms with Gasteiger partial charge in [-0.3, -0.25) is 4.79 Å². The minimum atomic E-state index is -0.162. The second-order valence-corrected chi connectivity index (χ2v) is 5.60. The number of benzene rings is 1. The van der Waals surface area contributed by atoms with E-state index in [-0.39, 0.29) is 11.3 Å². The summed E-state index contributed by atoms with van der Waals surface area (Å²) in [6, 6.07) is 6.83. The highest BCUT2D eigenvalue weighted by Gasteiger charge is 2.13. The van der Waals surface area contributed by atoms with Crippen molar-refractivity contribution >= 4 is 21.6 Å². The SMILES string of the molecule is Cc1sc2nc(-c3ccccc3O)[nH]c(=O)c2c1C. The van der Waals surface area contributed by atoms with Gasteiger partial charge in [-0.15, -0.1) is 11.3 Å². The monoisotopic (exact) mass is 272 g/mol. The van der Waals surface area contributed by atoms with Gasteiger partial charge in [-0.2, -0.15) is 0 Å². The Morgan fingerprint density at radius 1 is 1.26 bits per heavy atom. The average molecular weight is 272 g/mol. The molecule has 0 aliphatic rings. The first-order chi connectivity index (χ1) is 9.08. The smallest absolute Gasteiger partial charge is 0.260 e. The number of phenolic OH excluding ortho intramolecular Hbond substituents is 1. The Bertz CT molecular complexity index is 833. The first-order valence-corrected chi connectivity index (χ1v) is 6.68. The number of phenols is 1. The number of aromatic hydroxyl groups is 1. The van der Waals surface area contributed by atoms with Crippen molar-refractivity contribution in [2.75, 3.05) is 0 Å². The van der Waals surface area contributed by atoms with Crippen molar-refractivity contribution < 1.29 is 5.11 Å². The Hall–Kier alpha value is -2.14. The molecule has 0 bridgehead atoms. The summed E-state index contributed by atoms with van der Waals surface area (Å²) in [6.45, 7) is 3.89. The van der Waals surface area contributed by atoms with Crippen LogP contribution in [0.5, 0.6) is 5.75 Å². The van der Waals surface area contributed by atoms with Crippen LogP contribution in [0.3, 0.4) is 0 Å². The molecule has 0 saturated heterocycles. The molecule has 0 atom stereocenters. The molecule has 2 N–H and O–H groups in total. The number of aromatic nitrogens is 2. The molecule has 2 heterocycles. The Balaban J connectivity index is 2.34. The van der Waals surface area contributed by atoms with Crippen molar-refractivity contribution in [2.24, 2.45) is 0 Å². The predicted molar refractivity (Wildman–Crippen MR) is 76.8 cm³/mol. The van der Waals surface area contributed by atoms with E-state index < -0.39 is 0 Å². The minimum absolute atomic E-state index is 0.106. The standard InChI is InChI=1S/C14H12N2O2S/c1-7-8(2)19-14-11(7)13(18)15-12(16-14)9-5-3-4-6-10(9)17/h3-6,17H,1-2H3,(H,15,16,18). The predicted octanol–water partition coefficient (Wildman–Crippen LogP) is 2.97. The largest absolute Gasteiger partial charge is 0.507 e. The first-order valence-electron chi connectivity index (χ1n) is 5.86. The lowest BCUT2D eigenvalue weighted by Crippen LogP contribution is -2.09. The number of hydrogen-bond acceptors (Lipinski definition) is 4. The third-order valence-corrected chi connectivity index (χ3v) is 4.30. The molecule has 0 aliphatic heterocycles. The van der Waals surface area contributed by atoms with Crippen LogP contribution < -0.4 is 5.56 Å². The summed E-state index contributed by atoms with van der Waals surface area (Å²) in [5, 5.41) is 10.5. The van der Waals surface area contributed by atoms with E-state index in [1.54, 1.807) is 24.3 Å². The highest BCUT2D eigenvalue weighted by Crippen LogP contribution is 2.30. The number of hydrogen-bond donors (Lipinski definition) is 2. The van der Waals surface area contributed by atoms with Gasteiger partial charge in [-0.25, -0.2) is 4.98 Å². The summed E-state index contributed by atoms with van der Waals surface area (Å²) in [6.07, 6.45) is 0. The van der Waals surface area contributed by atoms with Gasteiger partial charge in [0.2, 0.25) is 0 Å². The normalized spacial score (nSPS) is 11.1. The van der Waals surface area contributed by atoms with Crippen LogP contribution in [0, 0.1) is 13.8 Å². The van der Waals surface area contributed by atoms with E-state index in [1.807, 2.05) is 13.8 Å². The van der Waals surface area contributed by atoms with E-state index in [2.05, 4.69) is 9.97 Å². The van der Waals surface area contributed by atoms with Gasteiger partial charge in [0.25, 0.3) is 5.56 Å². The van der Waals surface area contributed by atoms with Crippen LogP contribution in [0.2, 0.25) is 0 Å². The van der Waals surface area contributed by atoms with Crippen molar-refractivity contribution in [1.29, 1.82) is 0 Å². The van der Waals surface area contributed by atoms with Crippen LogP contribution in [0.1, 0.15) is 10.4 Å². The Morgan fingerprint density at radius 2 is 2.00 bits per heavy atom. The lowest BCUT2D eigenvalue weighted by atomic mass is 10.2. The molecule has 4 nitrogen and oxygen atoms in total. The molecule has 3 rings (SSSR count). The molecule has 2 aromatic heterocycles. The second-order valence-electron chi connectivity index (χ2n) is 4.40. The van der Waals surface area contributed by atoms with Crippen LogP contribution in [0.15, 0.2) is 29.1 Å². The zero-order chi connectivity index (χ0) is 13.6. The molecule has 0 aliphatic carbocycles. The van der Waals surface area contributed by atoms with Gasteiger partial charge in [0, 0.05) is 4.88 Å². The number of nitrogens with one attached hydrogen (secondary N) is 1. The molecule has 3 aromatic rings. The summed E-state index contributed by atoms with van der Waals surface area (Å²) in [5.41, 5.74) is 1.34. The molecular formula is C14H12N2O2S. The van der Waals surface area contributed by atoms with Gasteiger partial charge in [0.1, 0.15) is 16.4 Å². The fourth-order valence-corrected chi connectivity index (χ4v) is 3.09. The first kappa shape index (κ1) is 11.9. The Kier molecular flexibility index (Phi) is 2.64. The van der Waals surface area contributed by atoms with E-state index in [9.17, 15) is 9.90 Å². The number of thiophene rings is 1. The topological polar surface area (TPSA) is 66.0 Å². The number of para-hydroxylation sites is 1. The van der Waals surface area contributed by atoms with E-state index >= 15 is 0 Å². The molecule has 0 amide bonds. The van der Waals surface area contributed by atoms with Crippen LogP contribution in [0.4, 0.5) is 0 Å². The summed E-state index contributed by atoms with van der Waals surface area (Å²) in [5.74, 6) is 0.506. The third kappa shape index (κ3) is 1.82. The Morgan fingerprint density at radius 3 is 2.74 bits per heavy atom. The van der Waals surface area contributed by atoms with Crippen molar-refractivity contribution in [1.82, 2.24) is 9.97 Å². The highest BCUT2D eigenvalue weighted by molar-refractivity contribution is 7.18. The lowest BCUT2D eigenvalue weighted by molar-refractivity contribution is 0.477. The van der Waals surface area contributed by atoms with Gasteiger partial charge in [0.05, 0.1) is 10.9 Å². The van der Waals surface area contributed by atoms with E-state index in [4.69, 9.17) is 0 Å². The van der Waals surface area contributed by atoms with E-state index in [0.29, 0.717) is 21.6 Å². The quantitative estimate of drug-likeness (QED) is 0.715. The molecule has 5 heteroatoms. The third-order valence-electron chi connectivity index (χ3n) is 3.20. The van der Waals surface area contributed by atoms with Crippen molar-refractivity contribution in [2.45, 2.75) is 13.8 Å². The van der Waals surface area contributed by atoms with E-state index in [1.165, 1.54) is 11.3 Å². The van der Waals surface area contributed by atoms with Crippen LogP contribution in [0.25, 0.3) is 21.6 Å². The number of rotatable bonds is 1. The zero-order valence-corrected chi connectivity index (χ0v) is 11.3. The number of aryl methyl sites for hydroxylation is 2. The molecule has 0 fully saturated rings. The zero-order valence-electron chi connectivity index (χ0n) is 10.5. The number of aromatic amines is 1. The summed E-state index contributed by atoms with van der Waals surface area (Å²) in [4.78, 5) is 21.1. The Labute approximate surface area is 113 Å². The summed E-state index contributed by atoms with van der Waals surface area (Å²) < 4.78 is 0. The fraction of sp³-hybridized carbons (Fsp3) is 0.143. The molecule has 0 saturated carbocycles. The van der Waals surface area contributed by atoms with Gasteiger partial charge >= 0.3 is 0 Å². The molecule has 0 unspecified atom stereocenters. The minimum Gasteiger partial charge on any atom is -0.507 e. The number of H-pyrrole nitrogens is 1. The van der Waals surface area contributed by atoms with Crippen LogP contribution in [-0.4, -0.2) is 15.1 Å². The number of nitrogens with zero attached hydrogens (tertiary/aromatic N) is 1. The van der Waals surface area contributed by atoms with Crippen LogP contribution >= 0.6 is 11.3 Å². The molecule has 19 heavy (non-hydrogen) atoms. The second kappa shape index (κ2) is 4.20. The molecule has 0 radical (unpaired) electrons. The van der Waals surface area contributed by atoms with Crippen molar-refractivity contribution in [3.05, 3.63) is 45.1 Å². The molecule has 96 valence electrons.